The molecule has 2 aromatic carbocycles. The predicted molar refractivity (Wildman–Crippen MR) is 115 cm³/mol. The molecule has 10 heteroatoms. The van der Waals surface area contributed by atoms with E-state index >= 15 is 0 Å². The highest BCUT2D eigenvalue weighted by Crippen LogP contribution is 2.36. The first-order valence-corrected chi connectivity index (χ1v) is 9.66. The summed E-state index contributed by atoms with van der Waals surface area (Å²) < 4.78 is 31.4. The van der Waals surface area contributed by atoms with Crippen LogP contribution >= 0.6 is 0 Å². The van der Waals surface area contributed by atoms with Crippen molar-refractivity contribution in [2.45, 2.75) is 32.8 Å². The fourth-order valence-corrected chi connectivity index (χ4v) is 3.09. The SMILES string of the molecule is Cn1nc(C(C)(C)C)cc1C(=O)Nc1ccc(-c2ccccc2OC(F)F)cc1[N+](=O)[O-]. The minimum absolute atomic E-state index is 0.0329. The van der Waals surface area contributed by atoms with E-state index in [1.807, 2.05) is 20.8 Å². The number of nitro groups is 1. The molecule has 1 heterocycles. The number of rotatable bonds is 6. The van der Waals surface area contributed by atoms with Crippen LogP contribution in [0.3, 0.4) is 0 Å². The molecule has 1 amide bonds. The molecule has 0 saturated heterocycles. The summed E-state index contributed by atoms with van der Waals surface area (Å²) in [6.07, 6.45) is 0. The van der Waals surface area contributed by atoms with Crippen LogP contribution in [0, 0.1) is 10.1 Å². The fraction of sp³-hybridized carbons (Fsp3) is 0.273. The molecule has 1 N–H and O–H groups in total. The summed E-state index contributed by atoms with van der Waals surface area (Å²) in [5, 5.41) is 18.6. The van der Waals surface area contributed by atoms with Gasteiger partial charge in [-0.1, -0.05) is 45.0 Å². The smallest absolute Gasteiger partial charge is 0.387 e. The third-order valence-corrected chi connectivity index (χ3v) is 4.74. The average Bonchev–Trinajstić information content (AvgIpc) is 3.10. The number of nitrogens with zero attached hydrogens (tertiary/aromatic N) is 3. The average molecular weight is 444 g/mol. The number of aromatic nitrogens is 2. The second-order valence-corrected chi connectivity index (χ2v) is 8.11. The van der Waals surface area contributed by atoms with Crippen LogP contribution in [0.5, 0.6) is 5.75 Å². The molecule has 0 atom stereocenters. The molecule has 1 aromatic heterocycles. The highest BCUT2D eigenvalue weighted by atomic mass is 19.3. The topological polar surface area (TPSA) is 99.3 Å². The van der Waals surface area contributed by atoms with Crippen LogP contribution < -0.4 is 10.1 Å². The van der Waals surface area contributed by atoms with Gasteiger partial charge in [0.1, 0.15) is 17.1 Å². The lowest BCUT2D eigenvalue weighted by Crippen LogP contribution is -2.16. The van der Waals surface area contributed by atoms with E-state index in [0.29, 0.717) is 11.3 Å². The van der Waals surface area contributed by atoms with Crippen molar-refractivity contribution in [2.75, 3.05) is 5.32 Å². The van der Waals surface area contributed by atoms with Crippen LogP contribution in [0.2, 0.25) is 0 Å². The van der Waals surface area contributed by atoms with E-state index in [4.69, 9.17) is 0 Å². The molecule has 32 heavy (non-hydrogen) atoms. The zero-order valence-corrected chi connectivity index (χ0v) is 17.9. The first-order valence-electron chi connectivity index (χ1n) is 9.66. The Bertz CT molecular complexity index is 1170. The molecule has 168 valence electrons. The van der Waals surface area contributed by atoms with E-state index in [1.165, 1.54) is 41.1 Å². The van der Waals surface area contributed by atoms with Crippen LogP contribution in [0.15, 0.2) is 48.5 Å². The number of carbonyl (C=O) groups excluding carboxylic acids is 1. The minimum atomic E-state index is -3.04. The second-order valence-electron chi connectivity index (χ2n) is 8.11. The van der Waals surface area contributed by atoms with Gasteiger partial charge in [-0.05, 0) is 23.8 Å². The maximum absolute atomic E-state index is 12.8. The number of ether oxygens (including phenoxy) is 1. The molecule has 0 spiro atoms. The number of nitro benzene ring substituents is 1. The molecular formula is C22H22F2N4O4. The van der Waals surface area contributed by atoms with Gasteiger partial charge in [0.05, 0.1) is 10.6 Å². The van der Waals surface area contributed by atoms with Gasteiger partial charge in [0.25, 0.3) is 11.6 Å². The van der Waals surface area contributed by atoms with Crippen molar-refractivity contribution >= 4 is 17.3 Å². The number of para-hydroxylation sites is 1. The van der Waals surface area contributed by atoms with E-state index < -0.39 is 17.4 Å². The zero-order valence-electron chi connectivity index (χ0n) is 17.9. The van der Waals surface area contributed by atoms with Gasteiger partial charge in [0.2, 0.25) is 0 Å². The minimum Gasteiger partial charge on any atom is -0.434 e. The van der Waals surface area contributed by atoms with Gasteiger partial charge < -0.3 is 10.1 Å². The van der Waals surface area contributed by atoms with Crippen LogP contribution in [0.1, 0.15) is 37.0 Å². The first-order chi connectivity index (χ1) is 15.0. The molecule has 3 aromatic rings. The highest BCUT2D eigenvalue weighted by Gasteiger charge is 2.24. The lowest BCUT2D eigenvalue weighted by atomic mass is 9.92. The molecular weight excluding hydrogens is 422 g/mol. The zero-order chi connectivity index (χ0) is 23.6. The van der Waals surface area contributed by atoms with E-state index in [2.05, 4.69) is 15.2 Å². The second kappa shape index (κ2) is 8.74. The molecule has 8 nitrogen and oxygen atoms in total. The molecule has 0 aliphatic carbocycles. The van der Waals surface area contributed by atoms with Crippen molar-refractivity contribution in [1.82, 2.24) is 9.78 Å². The number of carbonyl (C=O) groups is 1. The van der Waals surface area contributed by atoms with Crippen molar-refractivity contribution in [3.8, 4) is 16.9 Å². The highest BCUT2D eigenvalue weighted by molar-refractivity contribution is 6.04. The number of benzene rings is 2. The maximum atomic E-state index is 12.8. The Kier molecular flexibility index (Phi) is 6.24. The van der Waals surface area contributed by atoms with Crippen molar-refractivity contribution < 1.29 is 23.2 Å². The van der Waals surface area contributed by atoms with Gasteiger partial charge in [-0.15, -0.1) is 0 Å². The van der Waals surface area contributed by atoms with Gasteiger partial charge in [0.15, 0.2) is 0 Å². The summed E-state index contributed by atoms with van der Waals surface area (Å²) in [4.78, 5) is 23.8. The molecule has 3 rings (SSSR count). The summed E-state index contributed by atoms with van der Waals surface area (Å²) in [7, 11) is 1.61. The molecule has 0 aliphatic heterocycles. The van der Waals surface area contributed by atoms with Crippen molar-refractivity contribution in [1.29, 1.82) is 0 Å². The number of aryl methyl sites for hydroxylation is 1. The fourth-order valence-electron chi connectivity index (χ4n) is 3.09. The Morgan fingerprint density at radius 1 is 1.19 bits per heavy atom. The van der Waals surface area contributed by atoms with Gasteiger partial charge >= 0.3 is 6.61 Å². The van der Waals surface area contributed by atoms with Crippen molar-refractivity contribution in [3.63, 3.8) is 0 Å². The number of nitrogens with one attached hydrogen (secondary N) is 1. The molecule has 0 aliphatic rings. The number of halogens is 2. The largest absolute Gasteiger partial charge is 0.434 e. The van der Waals surface area contributed by atoms with Crippen LogP contribution in [0.4, 0.5) is 20.2 Å². The van der Waals surface area contributed by atoms with Crippen LogP contribution in [0.25, 0.3) is 11.1 Å². The summed E-state index contributed by atoms with van der Waals surface area (Å²) in [5.41, 5.74) is 0.791. The number of hydrogen-bond donors (Lipinski definition) is 1. The summed E-state index contributed by atoms with van der Waals surface area (Å²) in [6, 6.07) is 11.7. The molecule has 0 saturated carbocycles. The summed E-state index contributed by atoms with van der Waals surface area (Å²) in [6.45, 7) is 2.82. The molecule has 0 unspecified atom stereocenters. The van der Waals surface area contributed by atoms with Crippen LogP contribution in [-0.2, 0) is 12.5 Å². The number of anilines is 1. The normalized spacial score (nSPS) is 11.5. The van der Waals surface area contributed by atoms with Gasteiger partial charge in [-0.25, -0.2) is 0 Å². The predicted octanol–water partition coefficient (Wildman–Crippen LogP) is 5.15. The standard InChI is InChI=1S/C22H22F2N4O4/c1-22(2,3)19-12-17(27(4)26-19)20(29)25-15-10-9-13(11-16(15)28(30)31)14-7-5-6-8-18(14)32-21(23)24/h5-12,21H,1-4H3,(H,25,29). The summed E-state index contributed by atoms with van der Waals surface area (Å²) in [5.74, 6) is -0.675. The van der Waals surface area contributed by atoms with Gasteiger partial charge in [-0.2, -0.15) is 13.9 Å². The van der Waals surface area contributed by atoms with Crippen molar-refractivity contribution in [3.05, 3.63) is 70.0 Å². The Morgan fingerprint density at radius 2 is 1.88 bits per heavy atom. The monoisotopic (exact) mass is 444 g/mol. The maximum Gasteiger partial charge on any atom is 0.387 e. The lowest BCUT2D eigenvalue weighted by molar-refractivity contribution is -0.383. The van der Waals surface area contributed by atoms with Crippen LogP contribution in [-0.4, -0.2) is 27.2 Å². The van der Waals surface area contributed by atoms with Gasteiger partial charge in [0, 0.05) is 24.1 Å². The Morgan fingerprint density at radius 3 is 2.47 bits per heavy atom. The Balaban J connectivity index is 1.96. The molecule has 0 radical (unpaired) electrons. The van der Waals surface area contributed by atoms with E-state index in [0.717, 1.165) is 0 Å². The lowest BCUT2D eigenvalue weighted by Gasteiger charge is -2.13. The number of amides is 1. The molecule has 0 fully saturated rings. The Hall–Kier alpha value is -3.82. The van der Waals surface area contributed by atoms with E-state index in [9.17, 15) is 23.7 Å². The number of hydrogen-bond acceptors (Lipinski definition) is 5. The number of alkyl halides is 2. The van der Waals surface area contributed by atoms with E-state index in [1.54, 1.807) is 19.2 Å². The van der Waals surface area contributed by atoms with Crippen molar-refractivity contribution in [2.24, 2.45) is 7.05 Å². The van der Waals surface area contributed by atoms with E-state index in [-0.39, 0.29) is 33.8 Å². The Labute approximate surface area is 183 Å². The molecule has 0 bridgehead atoms. The van der Waals surface area contributed by atoms with Gasteiger partial charge in [-0.3, -0.25) is 19.6 Å². The third kappa shape index (κ3) is 4.90. The first kappa shape index (κ1) is 22.9. The quantitative estimate of drug-likeness (QED) is 0.419. The third-order valence-electron chi connectivity index (χ3n) is 4.74. The summed E-state index contributed by atoms with van der Waals surface area (Å²) >= 11 is 0.